The van der Waals surface area contributed by atoms with Gasteiger partial charge in [-0.3, -0.25) is 4.68 Å². The summed E-state index contributed by atoms with van der Waals surface area (Å²) in [5.41, 5.74) is 4.86. The van der Waals surface area contributed by atoms with Crippen molar-refractivity contribution in [2.24, 2.45) is 7.05 Å². The van der Waals surface area contributed by atoms with Crippen LogP contribution in [0.2, 0.25) is 0 Å². The van der Waals surface area contributed by atoms with Gasteiger partial charge in [-0.05, 0) is 31.5 Å². The fourth-order valence-corrected chi connectivity index (χ4v) is 2.54. The molecule has 20 heavy (non-hydrogen) atoms. The lowest BCUT2D eigenvalue weighted by Gasteiger charge is -2.22. The third-order valence-electron chi connectivity index (χ3n) is 3.60. The van der Waals surface area contributed by atoms with Crippen molar-refractivity contribution in [3.05, 3.63) is 46.8 Å². The van der Waals surface area contributed by atoms with Crippen molar-refractivity contribution >= 4 is 0 Å². The van der Waals surface area contributed by atoms with Crippen molar-refractivity contribution in [2.45, 2.75) is 26.8 Å². The van der Waals surface area contributed by atoms with Gasteiger partial charge in [0.05, 0.1) is 19.3 Å². The van der Waals surface area contributed by atoms with E-state index in [4.69, 9.17) is 4.74 Å². The smallest absolute Gasteiger partial charge is 0.161 e. The number of hydrogen-bond acceptors (Lipinski definition) is 3. The topological polar surface area (TPSA) is 39.1 Å². The molecule has 0 saturated carbocycles. The van der Waals surface area contributed by atoms with Crippen LogP contribution in [0.1, 0.15) is 35.3 Å². The van der Waals surface area contributed by atoms with Crippen LogP contribution >= 0.6 is 0 Å². The number of aromatic nitrogens is 2. The first-order valence-electron chi connectivity index (χ1n) is 6.94. The van der Waals surface area contributed by atoms with Crippen LogP contribution in [0.25, 0.3) is 0 Å². The molecule has 1 aromatic heterocycles. The Bertz CT molecular complexity index is 589. The van der Waals surface area contributed by atoms with Gasteiger partial charge < -0.3 is 10.1 Å². The highest BCUT2D eigenvalue weighted by molar-refractivity contribution is 5.41. The molecule has 108 valence electrons. The number of rotatable bonds is 5. The molecule has 1 atom stereocenters. The van der Waals surface area contributed by atoms with Crippen LogP contribution in [-0.2, 0) is 7.05 Å². The maximum absolute atomic E-state index is 5.46. The van der Waals surface area contributed by atoms with Crippen LogP contribution in [0.3, 0.4) is 0 Å². The summed E-state index contributed by atoms with van der Waals surface area (Å²) in [4.78, 5) is 0. The average molecular weight is 273 g/mol. The molecule has 1 unspecified atom stereocenters. The predicted molar refractivity (Wildman–Crippen MR) is 81.2 cm³/mol. The third-order valence-corrected chi connectivity index (χ3v) is 3.60. The lowest BCUT2D eigenvalue weighted by molar-refractivity contribution is 0.401. The molecule has 0 aliphatic carbocycles. The van der Waals surface area contributed by atoms with E-state index < -0.39 is 0 Å². The van der Waals surface area contributed by atoms with Crippen molar-refractivity contribution in [3.8, 4) is 5.75 Å². The fourth-order valence-electron chi connectivity index (χ4n) is 2.54. The lowest BCUT2D eigenvalue weighted by atomic mass is 9.96. The Morgan fingerprint density at radius 3 is 2.75 bits per heavy atom. The van der Waals surface area contributed by atoms with Gasteiger partial charge in [-0.1, -0.05) is 30.7 Å². The van der Waals surface area contributed by atoms with Crippen molar-refractivity contribution in [1.82, 2.24) is 15.1 Å². The molecule has 0 bridgehead atoms. The van der Waals surface area contributed by atoms with E-state index in [9.17, 15) is 0 Å². The minimum absolute atomic E-state index is 0.0855. The molecule has 2 rings (SSSR count). The molecule has 0 saturated heterocycles. The molecule has 0 radical (unpaired) electrons. The van der Waals surface area contributed by atoms with Crippen molar-refractivity contribution < 1.29 is 4.74 Å². The van der Waals surface area contributed by atoms with E-state index in [1.807, 2.05) is 11.7 Å². The van der Waals surface area contributed by atoms with Crippen LogP contribution in [0, 0.1) is 13.8 Å². The number of nitrogens with zero attached hydrogens (tertiary/aromatic N) is 2. The van der Waals surface area contributed by atoms with Crippen LogP contribution in [0.4, 0.5) is 0 Å². The normalized spacial score (nSPS) is 12.4. The summed E-state index contributed by atoms with van der Waals surface area (Å²) in [6.07, 6.45) is 1.77. The second kappa shape index (κ2) is 6.09. The summed E-state index contributed by atoms with van der Waals surface area (Å²) in [5.74, 6) is 0.819. The molecule has 1 heterocycles. The Balaban J connectivity index is 2.56. The van der Waals surface area contributed by atoms with E-state index in [0.717, 1.165) is 18.0 Å². The first-order chi connectivity index (χ1) is 9.58. The van der Waals surface area contributed by atoms with Crippen molar-refractivity contribution in [2.75, 3.05) is 13.7 Å². The van der Waals surface area contributed by atoms with Gasteiger partial charge in [-0.25, -0.2) is 0 Å². The molecular formula is C16H23N3O. The number of methoxy groups -OCH3 is 1. The first kappa shape index (κ1) is 14.6. The van der Waals surface area contributed by atoms with Gasteiger partial charge in [-0.15, -0.1) is 0 Å². The molecule has 0 aliphatic heterocycles. The number of ether oxygens (including phenoxy) is 1. The molecule has 1 N–H and O–H groups in total. The Morgan fingerprint density at radius 1 is 1.35 bits per heavy atom. The largest absolute Gasteiger partial charge is 0.493 e. The molecule has 4 heteroatoms. The van der Waals surface area contributed by atoms with Crippen LogP contribution in [0.5, 0.6) is 5.75 Å². The number of aryl methyl sites for hydroxylation is 3. The maximum Gasteiger partial charge on any atom is 0.161 e. The minimum atomic E-state index is 0.0855. The quantitative estimate of drug-likeness (QED) is 0.910. The highest BCUT2D eigenvalue weighted by Gasteiger charge is 2.23. The van der Waals surface area contributed by atoms with E-state index in [1.165, 1.54) is 16.7 Å². The van der Waals surface area contributed by atoms with E-state index in [1.54, 1.807) is 13.3 Å². The van der Waals surface area contributed by atoms with E-state index in [-0.39, 0.29) is 6.04 Å². The van der Waals surface area contributed by atoms with Gasteiger partial charge in [0.25, 0.3) is 0 Å². The second-order valence-corrected chi connectivity index (χ2v) is 5.07. The van der Waals surface area contributed by atoms with Crippen molar-refractivity contribution in [3.63, 3.8) is 0 Å². The fraction of sp³-hybridized carbons (Fsp3) is 0.438. The zero-order valence-electron chi connectivity index (χ0n) is 12.9. The third kappa shape index (κ3) is 2.70. The molecule has 0 aliphatic rings. The molecule has 0 amide bonds. The summed E-state index contributed by atoms with van der Waals surface area (Å²) >= 11 is 0. The minimum Gasteiger partial charge on any atom is -0.493 e. The SMILES string of the molecule is CCNC(c1cc(C)ccc1C)c1c(OC)cnn1C. The maximum atomic E-state index is 5.46. The standard InChI is InChI=1S/C16H23N3O/c1-6-17-15(13-9-11(2)7-8-12(13)3)16-14(20-5)10-18-19(16)4/h7-10,15,17H,6H2,1-5H3. The number of benzene rings is 1. The number of hydrogen-bond donors (Lipinski definition) is 1. The Morgan fingerprint density at radius 2 is 2.10 bits per heavy atom. The monoisotopic (exact) mass is 273 g/mol. The Labute approximate surface area is 120 Å². The Kier molecular flexibility index (Phi) is 4.45. The summed E-state index contributed by atoms with van der Waals surface area (Å²) in [7, 11) is 3.64. The molecule has 0 spiro atoms. The highest BCUT2D eigenvalue weighted by atomic mass is 16.5. The molecule has 1 aromatic carbocycles. The van der Waals surface area contributed by atoms with E-state index in [0.29, 0.717) is 0 Å². The number of nitrogens with one attached hydrogen (secondary N) is 1. The van der Waals surface area contributed by atoms with Gasteiger partial charge in [-0.2, -0.15) is 5.10 Å². The van der Waals surface area contributed by atoms with Crippen LogP contribution < -0.4 is 10.1 Å². The van der Waals surface area contributed by atoms with E-state index in [2.05, 4.69) is 49.4 Å². The zero-order valence-corrected chi connectivity index (χ0v) is 12.9. The zero-order chi connectivity index (χ0) is 14.7. The van der Waals surface area contributed by atoms with Gasteiger partial charge in [0, 0.05) is 7.05 Å². The Hall–Kier alpha value is -1.81. The van der Waals surface area contributed by atoms with Crippen LogP contribution in [-0.4, -0.2) is 23.4 Å². The molecular weight excluding hydrogens is 250 g/mol. The van der Waals surface area contributed by atoms with Gasteiger partial charge in [0.15, 0.2) is 5.75 Å². The predicted octanol–water partition coefficient (Wildman–Crippen LogP) is 2.74. The summed E-state index contributed by atoms with van der Waals surface area (Å²) in [6.45, 7) is 7.25. The highest BCUT2D eigenvalue weighted by Crippen LogP contribution is 2.31. The van der Waals surface area contributed by atoms with Crippen LogP contribution in [0.15, 0.2) is 24.4 Å². The van der Waals surface area contributed by atoms with Gasteiger partial charge >= 0.3 is 0 Å². The molecule has 4 nitrogen and oxygen atoms in total. The van der Waals surface area contributed by atoms with Crippen molar-refractivity contribution in [1.29, 1.82) is 0 Å². The molecule has 2 aromatic rings. The molecule has 0 fully saturated rings. The summed E-state index contributed by atoms with van der Waals surface area (Å²) < 4.78 is 7.34. The van der Waals surface area contributed by atoms with Gasteiger partial charge in [0.1, 0.15) is 5.69 Å². The second-order valence-electron chi connectivity index (χ2n) is 5.07. The summed E-state index contributed by atoms with van der Waals surface area (Å²) in [5, 5.41) is 7.86. The average Bonchev–Trinajstić information content (AvgIpc) is 2.80. The van der Waals surface area contributed by atoms with Gasteiger partial charge in [0.2, 0.25) is 0 Å². The van der Waals surface area contributed by atoms with E-state index >= 15 is 0 Å². The lowest BCUT2D eigenvalue weighted by Crippen LogP contribution is -2.25. The summed E-state index contributed by atoms with van der Waals surface area (Å²) in [6, 6.07) is 6.62. The first-order valence-corrected chi connectivity index (χ1v) is 6.94.